The fourth-order valence-electron chi connectivity index (χ4n) is 3.16. The zero-order chi connectivity index (χ0) is 18.7. The summed E-state index contributed by atoms with van der Waals surface area (Å²) in [6.07, 6.45) is 0. The average molecular weight is 353 g/mol. The Balaban J connectivity index is 1.71. The lowest BCUT2D eigenvalue weighted by molar-refractivity contribution is 0.0746. The van der Waals surface area contributed by atoms with Gasteiger partial charge in [0.25, 0.3) is 5.91 Å². The molecule has 6 heteroatoms. The smallest absolute Gasteiger partial charge is 0.254 e. The normalized spacial score (nSPS) is 14.1. The van der Waals surface area contributed by atoms with Gasteiger partial charge in [-0.1, -0.05) is 6.07 Å². The highest BCUT2D eigenvalue weighted by Gasteiger charge is 2.24. The molecule has 1 aliphatic rings. The Kier molecular flexibility index (Phi) is 5.08. The van der Waals surface area contributed by atoms with Crippen molar-refractivity contribution in [3.05, 3.63) is 58.9 Å². The first kappa shape index (κ1) is 17.7. The Morgan fingerprint density at radius 3 is 2.54 bits per heavy atom. The van der Waals surface area contributed by atoms with E-state index in [9.17, 15) is 14.4 Å². The third-order valence-electron chi connectivity index (χ3n) is 4.64. The van der Waals surface area contributed by atoms with Crippen LogP contribution in [0.4, 0.5) is 10.1 Å². The van der Waals surface area contributed by atoms with Gasteiger partial charge in [0.1, 0.15) is 17.6 Å². The van der Waals surface area contributed by atoms with E-state index in [0.29, 0.717) is 48.7 Å². The van der Waals surface area contributed by atoms with Crippen molar-refractivity contribution in [1.29, 1.82) is 5.26 Å². The summed E-state index contributed by atoms with van der Waals surface area (Å²) in [5.41, 5.74) is 2.60. The molecule has 0 atom stereocenters. The van der Waals surface area contributed by atoms with E-state index in [1.54, 1.807) is 30.2 Å². The van der Waals surface area contributed by atoms with Gasteiger partial charge in [0.05, 0.1) is 18.4 Å². The van der Waals surface area contributed by atoms with Gasteiger partial charge in [-0.3, -0.25) is 4.79 Å². The molecule has 134 valence electrons. The monoisotopic (exact) mass is 353 g/mol. The summed E-state index contributed by atoms with van der Waals surface area (Å²) in [6.45, 7) is 4.19. The fraction of sp³-hybridized carbons (Fsp3) is 0.300. The van der Waals surface area contributed by atoms with Gasteiger partial charge in [-0.2, -0.15) is 5.26 Å². The van der Waals surface area contributed by atoms with E-state index in [0.717, 1.165) is 5.56 Å². The van der Waals surface area contributed by atoms with Crippen molar-refractivity contribution in [3.8, 4) is 11.8 Å². The third-order valence-corrected chi connectivity index (χ3v) is 4.64. The molecule has 0 bridgehead atoms. The minimum absolute atomic E-state index is 0.0393. The molecule has 0 N–H and O–H groups in total. The molecule has 0 saturated carbocycles. The molecule has 2 aromatic carbocycles. The molecule has 0 radical (unpaired) electrons. The molecule has 0 aliphatic carbocycles. The van der Waals surface area contributed by atoms with Crippen LogP contribution >= 0.6 is 0 Å². The van der Waals surface area contributed by atoms with Crippen LogP contribution in [0, 0.1) is 24.1 Å². The number of hydrogen-bond donors (Lipinski definition) is 0. The van der Waals surface area contributed by atoms with Crippen LogP contribution in [-0.4, -0.2) is 44.1 Å². The lowest BCUT2D eigenvalue weighted by atomic mass is 10.1. The minimum Gasteiger partial charge on any atom is -0.496 e. The Morgan fingerprint density at radius 2 is 1.88 bits per heavy atom. The largest absolute Gasteiger partial charge is 0.496 e. The highest BCUT2D eigenvalue weighted by molar-refractivity contribution is 5.95. The Morgan fingerprint density at radius 1 is 1.15 bits per heavy atom. The summed E-state index contributed by atoms with van der Waals surface area (Å²) < 4.78 is 18.6. The summed E-state index contributed by atoms with van der Waals surface area (Å²) in [7, 11) is 1.59. The summed E-state index contributed by atoms with van der Waals surface area (Å²) in [5, 5.41) is 9.21. The number of anilines is 1. The molecular weight excluding hydrogens is 333 g/mol. The van der Waals surface area contributed by atoms with E-state index in [1.807, 2.05) is 24.0 Å². The maximum Gasteiger partial charge on any atom is 0.254 e. The summed E-state index contributed by atoms with van der Waals surface area (Å²) >= 11 is 0. The van der Waals surface area contributed by atoms with Gasteiger partial charge in [-0.15, -0.1) is 0 Å². The molecule has 1 heterocycles. The second-order valence-electron chi connectivity index (χ2n) is 6.24. The second kappa shape index (κ2) is 7.44. The zero-order valence-electron chi connectivity index (χ0n) is 14.8. The van der Waals surface area contributed by atoms with Crippen molar-refractivity contribution >= 4 is 11.6 Å². The van der Waals surface area contributed by atoms with Gasteiger partial charge in [-0.25, -0.2) is 4.39 Å². The minimum atomic E-state index is -0.424. The number of carbonyl (C=O) groups excluding carboxylic acids is 1. The van der Waals surface area contributed by atoms with Crippen molar-refractivity contribution in [2.75, 3.05) is 38.2 Å². The van der Waals surface area contributed by atoms with Gasteiger partial charge in [0.2, 0.25) is 0 Å². The number of rotatable bonds is 3. The van der Waals surface area contributed by atoms with Gasteiger partial charge < -0.3 is 14.5 Å². The van der Waals surface area contributed by atoms with Gasteiger partial charge >= 0.3 is 0 Å². The standard InChI is InChI=1S/C20H20FN3O2/c1-14-3-4-15(12-19(14)26-2)20(25)24-9-7-23(8-10-24)18-6-5-17(21)11-16(18)13-22/h3-6,11-12H,7-10H2,1-2H3. The molecule has 1 fully saturated rings. The molecule has 26 heavy (non-hydrogen) atoms. The lowest BCUT2D eigenvalue weighted by Crippen LogP contribution is -2.49. The first-order chi connectivity index (χ1) is 12.5. The van der Waals surface area contributed by atoms with Crippen LogP contribution in [0.2, 0.25) is 0 Å². The average Bonchev–Trinajstić information content (AvgIpc) is 2.68. The van der Waals surface area contributed by atoms with Crippen molar-refractivity contribution in [2.24, 2.45) is 0 Å². The second-order valence-corrected chi connectivity index (χ2v) is 6.24. The first-order valence-electron chi connectivity index (χ1n) is 8.42. The van der Waals surface area contributed by atoms with Crippen LogP contribution in [0.25, 0.3) is 0 Å². The molecule has 0 spiro atoms. The molecule has 5 nitrogen and oxygen atoms in total. The predicted octanol–water partition coefficient (Wildman–Crippen LogP) is 2.98. The van der Waals surface area contributed by atoms with E-state index in [2.05, 4.69) is 0 Å². The summed E-state index contributed by atoms with van der Waals surface area (Å²) in [5.74, 6) is 0.231. The van der Waals surface area contributed by atoms with E-state index in [1.165, 1.54) is 12.1 Å². The number of carbonyl (C=O) groups is 1. The van der Waals surface area contributed by atoms with Crippen LogP contribution in [0.1, 0.15) is 21.5 Å². The molecular formula is C20H20FN3O2. The zero-order valence-corrected chi connectivity index (χ0v) is 14.8. The number of amides is 1. The number of aryl methyl sites for hydroxylation is 1. The van der Waals surface area contributed by atoms with Crippen molar-refractivity contribution in [1.82, 2.24) is 4.90 Å². The molecule has 1 amide bonds. The number of methoxy groups -OCH3 is 1. The SMILES string of the molecule is COc1cc(C(=O)N2CCN(c3ccc(F)cc3C#N)CC2)ccc1C. The predicted molar refractivity (Wildman–Crippen MR) is 97.0 cm³/mol. The number of hydrogen-bond acceptors (Lipinski definition) is 4. The van der Waals surface area contributed by atoms with Gasteiger partial charge in [0, 0.05) is 31.7 Å². The van der Waals surface area contributed by atoms with Crippen molar-refractivity contribution < 1.29 is 13.9 Å². The van der Waals surface area contributed by atoms with Crippen LogP contribution in [-0.2, 0) is 0 Å². The number of nitrogens with zero attached hydrogens (tertiary/aromatic N) is 3. The first-order valence-corrected chi connectivity index (χ1v) is 8.42. The number of ether oxygens (including phenoxy) is 1. The van der Waals surface area contributed by atoms with E-state index in [-0.39, 0.29) is 5.91 Å². The van der Waals surface area contributed by atoms with Crippen molar-refractivity contribution in [2.45, 2.75) is 6.92 Å². The lowest BCUT2D eigenvalue weighted by Gasteiger charge is -2.36. The number of benzene rings is 2. The highest BCUT2D eigenvalue weighted by Crippen LogP contribution is 2.24. The molecule has 0 unspecified atom stereocenters. The number of halogens is 1. The molecule has 2 aromatic rings. The van der Waals surface area contributed by atoms with Crippen LogP contribution in [0.3, 0.4) is 0 Å². The molecule has 1 saturated heterocycles. The molecule has 1 aliphatic heterocycles. The molecule has 3 rings (SSSR count). The van der Waals surface area contributed by atoms with Crippen LogP contribution in [0.5, 0.6) is 5.75 Å². The third kappa shape index (κ3) is 3.47. The quantitative estimate of drug-likeness (QED) is 0.851. The topological polar surface area (TPSA) is 56.6 Å². The highest BCUT2D eigenvalue weighted by atomic mass is 19.1. The van der Waals surface area contributed by atoms with E-state index < -0.39 is 5.82 Å². The van der Waals surface area contributed by atoms with E-state index in [4.69, 9.17) is 4.74 Å². The summed E-state index contributed by atoms with van der Waals surface area (Å²) in [4.78, 5) is 16.5. The fourth-order valence-corrected chi connectivity index (χ4v) is 3.16. The number of piperazine rings is 1. The maximum absolute atomic E-state index is 13.3. The maximum atomic E-state index is 13.3. The summed E-state index contributed by atoms with van der Waals surface area (Å²) in [6, 6.07) is 11.7. The van der Waals surface area contributed by atoms with E-state index >= 15 is 0 Å². The Hall–Kier alpha value is -3.07. The van der Waals surface area contributed by atoms with Crippen LogP contribution in [0.15, 0.2) is 36.4 Å². The Labute approximate surface area is 152 Å². The number of nitriles is 1. The van der Waals surface area contributed by atoms with Gasteiger partial charge in [0.15, 0.2) is 0 Å². The Bertz CT molecular complexity index is 868. The molecule has 0 aromatic heterocycles. The van der Waals surface area contributed by atoms with Crippen LogP contribution < -0.4 is 9.64 Å². The van der Waals surface area contributed by atoms with Crippen molar-refractivity contribution in [3.63, 3.8) is 0 Å². The van der Waals surface area contributed by atoms with Gasteiger partial charge in [-0.05, 0) is 42.8 Å².